The summed E-state index contributed by atoms with van der Waals surface area (Å²) >= 11 is 0. The lowest BCUT2D eigenvalue weighted by Crippen LogP contribution is -2.01. The Morgan fingerprint density at radius 2 is 2.04 bits per heavy atom. The first-order chi connectivity index (χ1) is 13.7. The van der Waals surface area contributed by atoms with E-state index < -0.39 is 0 Å². The summed E-state index contributed by atoms with van der Waals surface area (Å²) in [5.74, 6) is 0. The number of aliphatic imine (C=N–C) groups is 1. The molecule has 0 amide bonds. The van der Waals surface area contributed by atoms with Gasteiger partial charge in [-0.2, -0.15) is 0 Å². The predicted molar refractivity (Wildman–Crippen MR) is 120 cm³/mol. The van der Waals surface area contributed by atoms with Gasteiger partial charge in [0.1, 0.15) is 0 Å². The quantitative estimate of drug-likeness (QED) is 0.588. The van der Waals surface area contributed by atoms with E-state index in [-0.39, 0.29) is 0 Å². The van der Waals surface area contributed by atoms with Gasteiger partial charge in [-0.25, -0.2) is 0 Å². The zero-order valence-electron chi connectivity index (χ0n) is 15.9. The molecule has 1 aliphatic rings. The number of nitrogens with zero attached hydrogens (tertiary/aromatic N) is 2. The average molecular weight is 369 g/mol. The lowest BCUT2D eigenvalue weighted by atomic mass is 9.96. The molecule has 28 heavy (non-hydrogen) atoms. The standard InChI is InChI=1S/C23H23N5/c1-15-9-10-26-23-19(7-4-8-21(23)28-15)18-6-3-5-16-11-22(27-14-20(16)18)17(12-24)13-25-2/h3-8,11-14,26,28H,1,9-10,24H2,2H3. The Kier molecular flexibility index (Phi) is 4.81. The fourth-order valence-electron chi connectivity index (χ4n) is 3.56. The SMILES string of the molecule is C=C1CCNc2c(cccc2-c2cccc3cc(C(C=NC)=CN)ncc23)N1. The lowest BCUT2D eigenvalue weighted by molar-refractivity contribution is 1.03. The number of anilines is 2. The van der Waals surface area contributed by atoms with Crippen LogP contribution in [0.4, 0.5) is 11.4 Å². The van der Waals surface area contributed by atoms with Crippen molar-refractivity contribution >= 4 is 33.9 Å². The summed E-state index contributed by atoms with van der Waals surface area (Å²) in [4.78, 5) is 8.69. The summed E-state index contributed by atoms with van der Waals surface area (Å²) in [6.45, 7) is 4.94. The highest BCUT2D eigenvalue weighted by Gasteiger charge is 2.16. The highest BCUT2D eigenvalue weighted by atomic mass is 15.0. The first-order valence-corrected chi connectivity index (χ1v) is 9.26. The molecule has 2 aromatic carbocycles. The van der Waals surface area contributed by atoms with Crippen LogP contribution in [0.25, 0.3) is 27.5 Å². The number of benzene rings is 2. The Balaban J connectivity index is 1.87. The van der Waals surface area contributed by atoms with E-state index in [2.05, 4.69) is 63.6 Å². The van der Waals surface area contributed by atoms with E-state index in [4.69, 9.17) is 5.73 Å². The Bertz CT molecular complexity index is 1110. The van der Waals surface area contributed by atoms with Crippen molar-refractivity contribution in [1.82, 2.24) is 4.98 Å². The first-order valence-electron chi connectivity index (χ1n) is 9.26. The molecule has 4 N–H and O–H groups in total. The lowest BCUT2D eigenvalue weighted by Gasteiger charge is -2.16. The van der Waals surface area contributed by atoms with Gasteiger partial charge in [0, 0.05) is 60.8 Å². The fourth-order valence-corrected chi connectivity index (χ4v) is 3.56. The smallest absolute Gasteiger partial charge is 0.0738 e. The molecule has 3 aromatic rings. The fraction of sp³-hybridized carbons (Fsp3) is 0.130. The minimum absolute atomic E-state index is 0.799. The molecule has 5 heteroatoms. The summed E-state index contributed by atoms with van der Waals surface area (Å²) in [5, 5.41) is 9.17. The second-order valence-electron chi connectivity index (χ2n) is 6.74. The maximum absolute atomic E-state index is 5.74. The van der Waals surface area contributed by atoms with Gasteiger partial charge < -0.3 is 16.4 Å². The van der Waals surface area contributed by atoms with Gasteiger partial charge in [0.05, 0.1) is 17.1 Å². The number of rotatable bonds is 3. The highest BCUT2D eigenvalue weighted by molar-refractivity contribution is 6.10. The number of hydrogen-bond donors (Lipinski definition) is 3. The summed E-state index contributed by atoms with van der Waals surface area (Å²) < 4.78 is 0. The molecule has 0 aliphatic carbocycles. The Morgan fingerprint density at radius 1 is 1.21 bits per heavy atom. The van der Waals surface area contributed by atoms with Gasteiger partial charge in [-0.3, -0.25) is 9.98 Å². The third-order valence-electron chi connectivity index (χ3n) is 4.90. The van der Waals surface area contributed by atoms with E-state index in [0.717, 1.165) is 63.2 Å². The molecule has 0 saturated carbocycles. The predicted octanol–water partition coefficient (Wildman–Crippen LogP) is 4.64. The van der Waals surface area contributed by atoms with Gasteiger partial charge >= 0.3 is 0 Å². The van der Waals surface area contributed by atoms with Crippen molar-refractivity contribution in [1.29, 1.82) is 0 Å². The van der Waals surface area contributed by atoms with Crippen LogP contribution in [0.3, 0.4) is 0 Å². The van der Waals surface area contributed by atoms with Crippen molar-refractivity contribution in [2.75, 3.05) is 24.2 Å². The molecule has 1 aliphatic heterocycles. The second kappa shape index (κ2) is 7.56. The molecule has 0 fully saturated rings. The summed E-state index contributed by atoms with van der Waals surface area (Å²) in [6, 6.07) is 14.6. The molecular weight excluding hydrogens is 346 g/mol. The molecule has 0 atom stereocenters. The third kappa shape index (κ3) is 3.22. The number of nitrogens with two attached hydrogens (primary N) is 1. The number of nitrogens with one attached hydrogen (secondary N) is 2. The van der Waals surface area contributed by atoms with E-state index in [1.54, 1.807) is 13.3 Å². The van der Waals surface area contributed by atoms with Crippen LogP contribution in [0.15, 0.2) is 72.1 Å². The number of aromatic nitrogens is 1. The Morgan fingerprint density at radius 3 is 2.86 bits per heavy atom. The zero-order valence-corrected chi connectivity index (χ0v) is 15.9. The van der Waals surface area contributed by atoms with E-state index in [1.165, 1.54) is 6.20 Å². The molecule has 1 aromatic heterocycles. The van der Waals surface area contributed by atoms with Crippen LogP contribution in [0.2, 0.25) is 0 Å². The van der Waals surface area contributed by atoms with E-state index in [0.29, 0.717) is 0 Å². The molecule has 2 heterocycles. The molecule has 140 valence electrons. The molecule has 0 unspecified atom stereocenters. The molecular formula is C23H23N5. The summed E-state index contributed by atoms with van der Waals surface area (Å²) in [5.41, 5.74) is 12.8. The zero-order chi connectivity index (χ0) is 19.5. The van der Waals surface area contributed by atoms with Crippen LogP contribution in [0, 0.1) is 0 Å². The van der Waals surface area contributed by atoms with Crippen LogP contribution < -0.4 is 16.4 Å². The molecule has 4 rings (SSSR count). The molecule has 0 spiro atoms. The number of fused-ring (bicyclic) bond motifs is 2. The first kappa shape index (κ1) is 17.8. The largest absolute Gasteiger partial charge is 0.404 e. The van der Waals surface area contributed by atoms with Crippen molar-refractivity contribution < 1.29 is 0 Å². The minimum Gasteiger partial charge on any atom is -0.404 e. The highest BCUT2D eigenvalue weighted by Crippen LogP contribution is 2.39. The van der Waals surface area contributed by atoms with Crippen LogP contribution in [-0.4, -0.2) is 24.8 Å². The normalized spacial score (nSPS) is 14.5. The maximum atomic E-state index is 5.74. The van der Waals surface area contributed by atoms with Crippen molar-refractivity contribution in [3.63, 3.8) is 0 Å². The van der Waals surface area contributed by atoms with Gasteiger partial charge in [-0.15, -0.1) is 0 Å². The second-order valence-corrected chi connectivity index (χ2v) is 6.74. The third-order valence-corrected chi connectivity index (χ3v) is 4.90. The van der Waals surface area contributed by atoms with Gasteiger partial charge in [-0.1, -0.05) is 36.9 Å². The average Bonchev–Trinajstić information content (AvgIpc) is 2.91. The van der Waals surface area contributed by atoms with Gasteiger partial charge in [0.2, 0.25) is 0 Å². The number of para-hydroxylation sites is 1. The summed E-state index contributed by atoms with van der Waals surface area (Å²) in [6.07, 6.45) is 6.05. The van der Waals surface area contributed by atoms with Crippen LogP contribution in [0.5, 0.6) is 0 Å². The summed E-state index contributed by atoms with van der Waals surface area (Å²) in [7, 11) is 1.72. The van der Waals surface area contributed by atoms with Crippen LogP contribution >= 0.6 is 0 Å². The van der Waals surface area contributed by atoms with Crippen molar-refractivity contribution in [2.45, 2.75) is 6.42 Å². The van der Waals surface area contributed by atoms with Crippen molar-refractivity contribution in [3.05, 3.63) is 72.8 Å². The van der Waals surface area contributed by atoms with E-state index >= 15 is 0 Å². The topological polar surface area (TPSA) is 75.3 Å². The number of allylic oxidation sites excluding steroid dienone is 1. The minimum atomic E-state index is 0.799. The van der Waals surface area contributed by atoms with Gasteiger partial charge in [-0.05, 0) is 23.1 Å². The number of hydrogen-bond acceptors (Lipinski definition) is 5. The molecule has 5 nitrogen and oxygen atoms in total. The maximum Gasteiger partial charge on any atom is 0.0738 e. The van der Waals surface area contributed by atoms with Crippen molar-refractivity contribution in [3.8, 4) is 11.1 Å². The van der Waals surface area contributed by atoms with E-state index in [9.17, 15) is 0 Å². The van der Waals surface area contributed by atoms with Crippen LogP contribution in [-0.2, 0) is 0 Å². The molecule has 0 bridgehead atoms. The molecule has 0 radical (unpaired) electrons. The Hall–Kier alpha value is -3.60. The van der Waals surface area contributed by atoms with Crippen LogP contribution in [0.1, 0.15) is 12.1 Å². The van der Waals surface area contributed by atoms with Gasteiger partial charge in [0.15, 0.2) is 0 Å². The molecule has 0 saturated heterocycles. The van der Waals surface area contributed by atoms with E-state index in [1.807, 2.05) is 12.3 Å². The van der Waals surface area contributed by atoms with Crippen molar-refractivity contribution in [2.24, 2.45) is 10.7 Å². The Labute approximate surface area is 164 Å². The monoisotopic (exact) mass is 369 g/mol. The number of pyridine rings is 1. The van der Waals surface area contributed by atoms with Gasteiger partial charge in [0.25, 0.3) is 0 Å².